The van der Waals surface area contributed by atoms with Crippen molar-refractivity contribution in [3.63, 3.8) is 0 Å². The van der Waals surface area contributed by atoms with E-state index in [0.717, 1.165) is 30.3 Å². The maximum absolute atomic E-state index is 10.8. The monoisotopic (exact) mass is 277 g/mol. The first-order chi connectivity index (χ1) is 9.59. The highest BCUT2D eigenvalue weighted by Gasteiger charge is 2.45. The van der Waals surface area contributed by atoms with Crippen LogP contribution in [-0.4, -0.2) is 11.7 Å². The third-order valence-corrected chi connectivity index (χ3v) is 5.70. The van der Waals surface area contributed by atoms with Gasteiger partial charge in [0.05, 0.1) is 0 Å². The van der Waals surface area contributed by atoms with Gasteiger partial charge >= 0.3 is 0 Å². The Morgan fingerprint density at radius 3 is 2.80 bits per heavy atom. The van der Waals surface area contributed by atoms with E-state index in [1.165, 1.54) is 19.3 Å². The van der Waals surface area contributed by atoms with Crippen LogP contribution >= 0.6 is 0 Å². The van der Waals surface area contributed by atoms with Gasteiger partial charge in [-0.05, 0) is 49.7 Å². The number of hydrogen-bond donors (Lipinski definition) is 2. The summed E-state index contributed by atoms with van der Waals surface area (Å²) in [5, 5.41) is 10.8. The van der Waals surface area contributed by atoms with Crippen LogP contribution in [0.1, 0.15) is 69.5 Å². The highest BCUT2D eigenvalue weighted by Crippen LogP contribution is 2.52. The molecule has 5 atom stereocenters. The third kappa shape index (κ3) is 2.31. The van der Waals surface area contributed by atoms with Crippen molar-refractivity contribution >= 4 is 0 Å². The van der Waals surface area contributed by atoms with Crippen LogP contribution in [0.5, 0.6) is 0 Å². The molecular weight excluding hydrogens is 250 g/mol. The topological polar surface area (TPSA) is 59.4 Å². The van der Waals surface area contributed by atoms with E-state index in [0.29, 0.717) is 18.4 Å². The fraction of sp³-hybridized carbons (Fsp3) is 0.765. The molecule has 0 aliphatic heterocycles. The van der Waals surface area contributed by atoms with Crippen molar-refractivity contribution < 1.29 is 9.52 Å². The van der Waals surface area contributed by atoms with Gasteiger partial charge in [-0.2, -0.15) is 0 Å². The SMILES string of the molecule is CCC1CCC(CN)(C(O)c2ccc(C3CC3C)o2)C1. The van der Waals surface area contributed by atoms with Gasteiger partial charge in [0.2, 0.25) is 0 Å². The quantitative estimate of drug-likeness (QED) is 0.864. The Labute approximate surface area is 121 Å². The minimum Gasteiger partial charge on any atom is -0.463 e. The van der Waals surface area contributed by atoms with Crippen LogP contribution < -0.4 is 5.73 Å². The average Bonchev–Trinajstić information content (AvgIpc) is 2.92. The molecule has 0 saturated heterocycles. The van der Waals surface area contributed by atoms with E-state index in [1.54, 1.807) is 0 Å². The van der Waals surface area contributed by atoms with Gasteiger partial charge in [-0.3, -0.25) is 0 Å². The van der Waals surface area contributed by atoms with Crippen LogP contribution in [0.15, 0.2) is 16.5 Å². The molecule has 0 radical (unpaired) electrons. The first-order valence-corrected chi connectivity index (χ1v) is 8.07. The minimum absolute atomic E-state index is 0.176. The highest BCUT2D eigenvalue weighted by atomic mass is 16.4. The highest BCUT2D eigenvalue weighted by molar-refractivity contribution is 5.20. The molecule has 3 nitrogen and oxygen atoms in total. The molecule has 3 rings (SSSR count). The van der Waals surface area contributed by atoms with Crippen molar-refractivity contribution in [3.8, 4) is 0 Å². The second-order valence-corrected chi connectivity index (χ2v) is 7.05. The van der Waals surface area contributed by atoms with Gasteiger partial charge < -0.3 is 15.3 Å². The maximum Gasteiger partial charge on any atom is 0.133 e. The van der Waals surface area contributed by atoms with Crippen molar-refractivity contribution in [3.05, 3.63) is 23.7 Å². The average molecular weight is 277 g/mol. The summed E-state index contributed by atoms with van der Waals surface area (Å²) in [5.74, 6) is 3.76. The lowest BCUT2D eigenvalue weighted by Gasteiger charge is -2.32. The Hall–Kier alpha value is -0.800. The largest absolute Gasteiger partial charge is 0.463 e. The molecule has 2 saturated carbocycles. The summed E-state index contributed by atoms with van der Waals surface area (Å²) in [5.41, 5.74) is 5.85. The number of furan rings is 1. The second-order valence-electron chi connectivity index (χ2n) is 7.05. The fourth-order valence-corrected chi connectivity index (χ4v) is 3.90. The standard InChI is InChI=1S/C17H27NO2/c1-3-12-6-7-17(9-12,10-18)16(19)15-5-4-14(20-15)13-8-11(13)2/h4-5,11-13,16,19H,3,6-10,18H2,1-2H3. The fourth-order valence-electron chi connectivity index (χ4n) is 3.90. The molecular formula is C17H27NO2. The molecule has 0 bridgehead atoms. The summed E-state index contributed by atoms with van der Waals surface area (Å²) in [7, 11) is 0. The summed E-state index contributed by atoms with van der Waals surface area (Å²) in [6, 6.07) is 4.00. The van der Waals surface area contributed by atoms with E-state index in [2.05, 4.69) is 13.8 Å². The van der Waals surface area contributed by atoms with Gasteiger partial charge in [0, 0.05) is 17.9 Å². The van der Waals surface area contributed by atoms with Crippen LogP contribution in [0, 0.1) is 17.3 Å². The normalized spacial score (nSPS) is 38.1. The number of nitrogens with two attached hydrogens (primary N) is 1. The molecule has 2 aliphatic carbocycles. The molecule has 1 heterocycles. The Morgan fingerprint density at radius 1 is 1.50 bits per heavy atom. The van der Waals surface area contributed by atoms with Crippen LogP contribution in [-0.2, 0) is 0 Å². The van der Waals surface area contributed by atoms with E-state index in [-0.39, 0.29) is 5.41 Å². The summed E-state index contributed by atoms with van der Waals surface area (Å²) in [4.78, 5) is 0. The molecule has 20 heavy (non-hydrogen) atoms. The summed E-state index contributed by atoms with van der Waals surface area (Å²) in [6.45, 7) is 5.01. The molecule has 0 amide bonds. The van der Waals surface area contributed by atoms with Crippen molar-refractivity contribution in [2.45, 2.75) is 58.0 Å². The van der Waals surface area contributed by atoms with Crippen molar-refractivity contribution in [1.82, 2.24) is 0 Å². The summed E-state index contributed by atoms with van der Waals surface area (Å²) in [6.07, 6.45) is 5.06. The zero-order chi connectivity index (χ0) is 14.3. The minimum atomic E-state index is -0.549. The Balaban J connectivity index is 1.76. The first-order valence-electron chi connectivity index (χ1n) is 8.07. The van der Waals surface area contributed by atoms with Crippen molar-refractivity contribution in [1.29, 1.82) is 0 Å². The lowest BCUT2D eigenvalue weighted by molar-refractivity contribution is 0.0129. The molecule has 1 aromatic heterocycles. The van der Waals surface area contributed by atoms with Gasteiger partial charge in [-0.1, -0.05) is 20.3 Å². The molecule has 5 unspecified atom stereocenters. The number of hydrogen-bond acceptors (Lipinski definition) is 3. The van der Waals surface area contributed by atoms with E-state index in [1.807, 2.05) is 12.1 Å². The Kier molecular flexibility index (Phi) is 3.67. The van der Waals surface area contributed by atoms with Crippen LogP contribution in [0.3, 0.4) is 0 Å². The number of aliphatic hydroxyl groups is 1. The van der Waals surface area contributed by atoms with E-state index >= 15 is 0 Å². The first kappa shape index (κ1) is 14.2. The van der Waals surface area contributed by atoms with Crippen molar-refractivity contribution in [2.24, 2.45) is 23.0 Å². The summed E-state index contributed by atoms with van der Waals surface area (Å²) >= 11 is 0. The lowest BCUT2D eigenvalue weighted by Crippen LogP contribution is -2.34. The van der Waals surface area contributed by atoms with E-state index in [9.17, 15) is 5.11 Å². The van der Waals surface area contributed by atoms with Gasteiger partial charge in [-0.25, -0.2) is 0 Å². The Bertz CT molecular complexity index is 469. The van der Waals surface area contributed by atoms with Gasteiger partial charge in [0.25, 0.3) is 0 Å². The number of aliphatic hydroxyl groups excluding tert-OH is 1. The molecule has 0 spiro atoms. The molecule has 1 aromatic rings. The lowest BCUT2D eigenvalue weighted by atomic mass is 9.78. The van der Waals surface area contributed by atoms with E-state index in [4.69, 9.17) is 10.2 Å². The molecule has 2 aliphatic rings. The van der Waals surface area contributed by atoms with Gasteiger partial charge in [-0.15, -0.1) is 0 Å². The predicted octanol–water partition coefficient (Wildman–Crippen LogP) is 3.59. The molecule has 112 valence electrons. The molecule has 2 fully saturated rings. The van der Waals surface area contributed by atoms with Crippen LogP contribution in [0.2, 0.25) is 0 Å². The van der Waals surface area contributed by atoms with Gasteiger partial charge in [0.1, 0.15) is 17.6 Å². The smallest absolute Gasteiger partial charge is 0.133 e. The Morgan fingerprint density at radius 2 is 2.25 bits per heavy atom. The van der Waals surface area contributed by atoms with Crippen molar-refractivity contribution in [2.75, 3.05) is 6.54 Å². The van der Waals surface area contributed by atoms with Crippen LogP contribution in [0.25, 0.3) is 0 Å². The maximum atomic E-state index is 10.8. The van der Waals surface area contributed by atoms with E-state index < -0.39 is 6.10 Å². The van der Waals surface area contributed by atoms with Crippen LogP contribution in [0.4, 0.5) is 0 Å². The van der Waals surface area contributed by atoms with Gasteiger partial charge in [0.15, 0.2) is 0 Å². The summed E-state index contributed by atoms with van der Waals surface area (Å²) < 4.78 is 5.94. The second kappa shape index (κ2) is 5.19. The molecule has 3 heteroatoms. The zero-order valence-electron chi connectivity index (χ0n) is 12.6. The third-order valence-electron chi connectivity index (χ3n) is 5.70. The molecule has 3 N–H and O–H groups in total. The predicted molar refractivity (Wildman–Crippen MR) is 79.3 cm³/mol. The zero-order valence-corrected chi connectivity index (χ0v) is 12.6. The molecule has 0 aromatic carbocycles. The number of rotatable bonds is 5.